The molecule has 0 aliphatic rings. The van der Waals surface area contributed by atoms with E-state index in [1.807, 2.05) is 28.9 Å². The summed E-state index contributed by atoms with van der Waals surface area (Å²) in [6, 6.07) is 57.7. The van der Waals surface area contributed by atoms with E-state index in [4.69, 9.17) is 16.7 Å². The lowest BCUT2D eigenvalue weighted by molar-refractivity contribution is 0.890. The fourth-order valence-electron chi connectivity index (χ4n) is 7.52. The summed E-state index contributed by atoms with van der Waals surface area (Å²) in [5, 5.41) is 19.2. The van der Waals surface area contributed by atoms with Gasteiger partial charge in [0.1, 0.15) is 0 Å². The number of aromatic nitrogens is 5. The van der Waals surface area contributed by atoms with Crippen LogP contribution in [0.3, 0.4) is 0 Å². The van der Waals surface area contributed by atoms with E-state index in [1.165, 1.54) is 10.8 Å². The number of hydrogen-bond donors (Lipinski definition) is 0. The van der Waals surface area contributed by atoms with Gasteiger partial charge in [0.25, 0.3) is 0 Å². The van der Waals surface area contributed by atoms with E-state index in [-0.39, 0.29) is 0 Å². The number of benzene rings is 7. The molecule has 0 saturated carbocycles. The van der Waals surface area contributed by atoms with Crippen LogP contribution < -0.4 is 0 Å². The zero-order chi connectivity index (χ0) is 35.5. The van der Waals surface area contributed by atoms with Gasteiger partial charge in [0, 0.05) is 44.0 Å². The molecule has 0 N–H and O–H groups in total. The van der Waals surface area contributed by atoms with Crippen LogP contribution >= 0.6 is 0 Å². The van der Waals surface area contributed by atoms with Crippen LogP contribution in [0, 0.1) is 17.9 Å². The summed E-state index contributed by atoms with van der Waals surface area (Å²) in [6.45, 7) is 7.38. The molecule has 10 rings (SSSR count). The molecular formula is C46H27N7. The summed E-state index contributed by atoms with van der Waals surface area (Å²) in [7, 11) is 0. The zero-order valence-electron chi connectivity index (χ0n) is 28.2. The third-order valence-corrected chi connectivity index (χ3v) is 9.96. The van der Waals surface area contributed by atoms with E-state index in [9.17, 15) is 5.26 Å². The highest BCUT2D eigenvalue weighted by Crippen LogP contribution is 2.37. The molecule has 7 nitrogen and oxygen atoms in total. The van der Waals surface area contributed by atoms with Crippen LogP contribution in [-0.2, 0) is 0 Å². The van der Waals surface area contributed by atoms with Crippen molar-refractivity contribution in [3.05, 3.63) is 181 Å². The van der Waals surface area contributed by atoms with Gasteiger partial charge in [0.05, 0.1) is 46.0 Å². The van der Waals surface area contributed by atoms with Gasteiger partial charge < -0.3 is 9.13 Å². The molecule has 0 radical (unpaired) electrons. The largest absolute Gasteiger partial charge is 0.309 e. The van der Waals surface area contributed by atoms with E-state index in [1.54, 1.807) is 24.3 Å². The molecule has 3 heterocycles. The molecule has 0 amide bonds. The maximum Gasteiger partial charge on any atom is 0.187 e. The fraction of sp³-hybridized carbons (Fsp3) is 0. The van der Waals surface area contributed by atoms with Crippen LogP contribution in [-0.4, -0.2) is 23.9 Å². The molecule has 0 aliphatic heterocycles. The second kappa shape index (κ2) is 11.9. The van der Waals surface area contributed by atoms with Gasteiger partial charge in [-0.3, -0.25) is 0 Å². The molecule has 0 atom stereocenters. The van der Waals surface area contributed by atoms with Gasteiger partial charge in [0.2, 0.25) is 0 Å². The minimum atomic E-state index is 0.542. The number of fused-ring (bicyclic) bond motifs is 6. The van der Waals surface area contributed by atoms with Gasteiger partial charge >= 0.3 is 0 Å². The van der Waals surface area contributed by atoms with Crippen LogP contribution in [0.5, 0.6) is 0 Å². The molecule has 7 aromatic carbocycles. The smallest absolute Gasteiger partial charge is 0.187 e. The van der Waals surface area contributed by atoms with E-state index in [2.05, 4.69) is 135 Å². The molecular weight excluding hydrogens is 651 g/mol. The quantitative estimate of drug-likeness (QED) is 0.170. The second-order valence-electron chi connectivity index (χ2n) is 13.0. The second-order valence-corrected chi connectivity index (χ2v) is 13.0. The Hall–Kier alpha value is -7.74. The summed E-state index contributed by atoms with van der Waals surface area (Å²) >= 11 is 0. The summed E-state index contributed by atoms with van der Waals surface area (Å²) < 4.78 is 6.51. The average molecular weight is 678 g/mol. The first-order valence-corrected chi connectivity index (χ1v) is 17.3. The Morgan fingerprint density at radius 1 is 0.509 bits per heavy atom. The Bertz CT molecular complexity index is 3070. The lowest BCUT2D eigenvalue weighted by Crippen LogP contribution is -2.01. The van der Waals surface area contributed by atoms with E-state index in [0.717, 1.165) is 61.0 Å². The molecule has 0 fully saturated rings. The first kappa shape index (κ1) is 30.1. The number of rotatable bonds is 5. The Morgan fingerprint density at radius 3 is 1.64 bits per heavy atom. The van der Waals surface area contributed by atoms with Gasteiger partial charge in [-0.15, -0.1) is 5.10 Å². The molecule has 0 saturated heterocycles. The molecule has 7 heteroatoms. The highest BCUT2D eigenvalue weighted by Gasteiger charge is 2.20. The number of nitrogens with zero attached hydrogens (tertiary/aromatic N) is 7. The lowest BCUT2D eigenvalue weighted by atomic mass is 10.1. The Kier molecular flexibility index (Phi) is 6.79. The number of hydrogen-bond acceptors (Lipinski definition) is 3. The molecule has 0 aliphatic carbocycles. The van der Waals surface area contributed by atoms with E-state index < -0.39 is 0 Å². The van der Waals surface area contributed by atoms with Crippen molar-refractivity contribution in [3.63, 3.8) is 0 Å². The summed E-state index contributed by atoms with van der Waals surface area (Å²) in [5.41, 5.74) is 10.2. The van der Waals surface area contributed by atoms with Gasteiger partial charge in [0.15, 0.2) is 17.3 Å². The third kappa shape index (κ3) is 4.80. The summed E-state index contributed by atoms with van der Waals surface area (Å²) in [5.74, 6) is 1.21. The first-order chi connectivity index (χ1) is 26.2. The van der Waals surface area contributed by atoms with Crippen molar-refractivity contribution in [3.8, 4) is 45.9 Å². The van der Waals surface area contributed by atoms with Crippen molar-refractivity contribution in [2.75, 3.05) is 0 Å². The van der Waals surface area contributed by atoms with Crippen molar-refractivity contribution in [1.29, 1.82) is 5.26 Å². The van der Waals surface area contributed by atoms with Crippen molar-refractivity contribution in [1.82, 2.24) is 23.9 Å². The van der Waals surface area contributed by atoms with Crippen molar-refractivity contribution >= 4 is 49.3 Å². The summed E-state index contributed by atoms with van der Waals surface area (Å²) in [4.78, 5) is 8.63. The van der Waals surface area contributed by atoms with E-state index in [0.29, 0.717) is 22.9 Å². The predicted molar refractivity (Wildman–Crippen MR) is 212 cm³/mol. The van der Waals surface area contributed by atoms with Crippen LogP contribution in [0.4, 0.5) is 5.69 Å². The number of para-hydroxylation sites is 3. The van der Waals surface area contributed by atoms with Crippen molar-refractivity contribution in [2.24, 2.45) is 0 Å². The maximum absolute atomic E-state index is 9.46. The van der Waals surface area contributed by atoms with Crippen LogP contribution in [0.15, 0.2) is 164 Å². The first-order valence-electron chi connectivity index (χ1n) is 17.3. The predicted octanol–water partition coefficient (Wildman–Crippen LogP) is 11.2. The van der Waals surface area contributed by atoms with Crippen LogP contribution in [0.2, 0.25) is 0 Å². The van der Waals surface area contributed by atoms with Crippen molar-refractivity contribution in [2.45, 2.75) is 0 Å². The molecule has 10 aromatic rings. The Morgan fingerprint density at radius 2 is 1.06 bits per heavy atom. The lowest BCUT2D eigenvalue weighted by Gasteiger charge is -2.13. The topological polar surface area (TPSA) is 68.7 Å². The highest BCUT2D eigenvalue weighted by atomic mass is 15.4. The summed E-state index contributed by atoms with van der Waals surface area (Å²) in [6.07, 6.45) is 0. The van der Waals surface area contributed by atoms with Gasteiger partial charge in [-0.1, -0.05) is 97.1 Å². The molecule has 246 valence electrons. The SMILES string of the molecule is [C-]#[N+]c1ccc(-c2nc(-c3ccc4c5ccccc5n(-c5cccc(-n6c7ccccc7c7ccccc76)c5)c4c3)n(-c3ccc(C#N)cc3)n2)cc1. The number of nitriles is 1. The normalized spacial score (nSPS) is 11.4. The van der Waals surface area contributed by atoms with Gasteiger partial charge in [-0.2, -0.15) is 5.26 Å². The monoisotopic (exact) mass is 677 g/mol. The van der Waals surface area contributed by atoms with E-state index >= 15 is 0 Å². The van der Waals surface area contributed by atoms with Crippen LogP contribution in [0.1, 0.15) is 5.56 Å². The Balaban J connectivity index is 1.19. The minimum absolute atomic E-state index is 0.542. The standard InChI is InChI=1S/C46H27N7/c1-48-33-22-19-31(20-23-33)45-49-46(53(50-45)34-24-17-30(29-47)18-25-34)32-21-26-40-39-13-4-7-16-43(39)52(44(40)27-32)36-10-8-9-35(28-36)51-41-14-5-2-11-37(41)38-12-3-6-15-42(38)51/h2-28H. The van der Waals surface area contributed by atoms with Crippen LogP contribution in [0.25, 0.3) is 88.3 Å². The average Bonchev–Trinajstić information content (AvgIpc) is 3.92. The molecule has 53 heavy (non-hydrogen) atoms. The molecule has 0 bridgehead atoms. The van der Waals surface area contributed by atoms with Gasteiger partial charge in [-0.05, 0) is 66.7 Å². The molecule has 0 spiro atoms. The molecule has 3 aromatic heterocycles. The molecule has 0 unspecified atom stereocenters. The van der Waals surface area contributed by atoms with Crippen molar-refractivity contribution < 1.29 is 0 Å². The minimum Gasteiger partial charge on any atom is -0.309 e. The fourth-order valence-corrected chi connectivity index (χ4v) is 7.52. The third-order valence-electron chi connectivity index (χ3n) is 9.96. The van der Waals surface area contributed by atoms with Gasteiger partial charge in [-0.25, -0.2) is 14.5 Å². The zero-order valence-corrected chi connectivity index (χ0v) is 28.2. The Labute approximate surface area is 304 Å². The maximum atomic E-state index is 9.46. The highest BCUT2D eigenvalue weighted by molar-refractivity contribution is 6.11.